The van der Waals surface area contributed by atoms with E-state index in [1.807, 2.05) is 0 Å². The monoisotopic (exact) mass is 622 g/mol. The first-order valence-corrected chi connectivity index (χ1v) is 12.6. The molecule has 0 aliphatic heterocycles. The Labute approximate surface area is 206 Å². The standard InChI is InChI=1S/C22F6N6Se2/c1-32-6(4-31)22-34-17-14(26)9-7(15(27)20(17)36-22)8-10(13(25)12(9)24)19-18(16(28)11(8)23)33-21(35-19)5(2-29)3-30/b22-6+. The van der Waals surface area contributed by atoms with E-state index in [2.05, 4.69) is 14.8 Å². The first-order valence-electron chi connectivity index (χ1n) is 9.21. The van der Waals surface area contributed by atoms with Crippen LogP contribution in [0.1, 0.15) is 0 Å². The number of benzene rings is 3. The predicted octanol–water partition coefficient (Wildman–Crippen LogP) is 2.79. The van der Waals surface area contributed by atoms with Crippen LogP contribution in [0.25, 0.3) is 57.2 Å². The fraction of sp³-hybridized carbons (Fsp3) is 0. The SMILES string of the molecule is [C-]#[N+]/C(C#N)=c1\nc2c(F)c3c(F)c(F)c4c5[se]c(=C(C#N)C#N)nc5c(F)c(F)c4c3c(F)c2[se]1. The Bertz CT molecular complexity index is 2140. The van der Waals surface area contributed by atoms with Gasteiger partial charge in [-0.15, -0.1) is 0 Å². The number of nitriles is 3. The van der Waals surface area contributed by atoms with Crippen molar-refractivity contribution in [3.05, 3.63) is 54.8 Å². The number of hydrogen-bond donors (Lipinski definition) is 0. The minimum atomic E-state index is -1.90. The van der Waals surface area contributed by atoms with E-state index in [-0.39, 0.29) is 12.7 Å². The summed E-state index contributed by atoms with van der Waals surface area (Å²) in [5, 5.41) is 22.8. The molecule has 0 amide bonds. The molecule has 0 N–H and O–H groups in total. The molecule has 36 heavy (non-hydrogen) atoms. The van der Waals surface area contributed by atoms with Crippen LogP contribution in [0.15, 0.2) is 0 Å². The fourth-order valence-electron chi connectivity index (χ4n) is 3.70. The summed E-state index contributed by atoms with van der Waals surface area (Å²) in [6.45, 7) is 7.01. The van der Waals surface area contributed by atoms with Gasteiger partial charge in [0.1, 0.15) is 0 Å². The molecular formula is C22F6N6Se2. The van der Waals surface area contributed by atoms with Crippen LogP contribution in [-0.4, -0.2) is 39.0 Å². The van der Waals surface area contributed by atoms with Gasteiger partial charge in [-0.3, -0.25) is 0 Å². The fourth-order valence-corrected chi connectivity index (χ4v) is 7.88. The second-order valence-corrected chi connectivity index (χ2v) is 11.1. The van der Waals surface area contributed by atoms with E-state index in [1.54, 1.807) is 0 Å². The van der Waals surface area contributed by atoms with Gasteiger partial charge in [0.15, 0.2) is 0 Å². The average molecular weight is 620 g/mol. The number of nitrogens with zero attached hydrogens (tertiary/aromatic N) is 6. The first-order chi connectivity index (χ1) is 17.2. The van der Waals surface area contributed by atoms with Gasteiger partial charge in [0.25, 0.3) is 0 Å². The van der Waals surface area contributed by atoms with Crippen LogP contribution in [0.5, 0.6) is 0 Å². The van der Waals surface area contributed by atoms with Crippen molar-refractivity contribution in [1.29, 1.82) is 15.8 Å². The van der Waals surface area contributed by atoms with Crippen LogP contribution < -0.4 is 8.45 Å². The van der Waals surface area contributed by atoms with Crippen LogP contribution in [0.3, 0.4) is 0 Å². The van der Waals surface area contributed by atoms with Gasteiger partial charge in [0, 0.05) is 0 Å². The average Bonchev–Trinajstić information content (AvgIpc) is 3.50. The molecule has 0 atom stereocenters. The molecule has 3 aromatic carbocycles. The van der Waals surface area contributed by atoms with Gasteiger partial charge >= 0.3 is 206 Å². The molecule has 172 valence electrons. The Kier molecular flexibility index (Phi) is 5.37. The van der Waals surface area contributed by atoms with Crippen molar-refractivity contribution in [3.8, 4) is 18.2 Å². The molecule has 5 rings (SSSR count). The summed E-state index contributed by atoms with van der Waals surface area (Å²) in [7, 11) is 0. The van der Waals surface area contributed by atoms with E-state index < -0.39 is 112 Å². The van der Waals surface area contributed by atoms with Crippen molar-refractivity contribution in [1.82, 2.24) is 9.97 Å². The van der Waals surface area contributed by atoms with Crippen molar-refractivity contribution in [2.45, 2.75) is 0 Å². The summed E-state index contributed by atoms with van der Waals surface area (Å²) in [4.78, 5) is 10.4. The van der Waals surface area contributed by atoms with Gasteiger partial charge in [0.05, 0.1) is 0 Å². The summed E-state index contributed by atoms with van der Waals surface area (Å²) in [5.74, 6) is -10.2. The summed E-state index contributed by atoms with van der Waals surface area (Å²) in [5.41, 5.74) is -2.64. The summed E-state index contributed by atoms with van der Waals surface area (Å²) < 4.78 is 90.6. The second-order valence-electron chi connectivity index (χ2n) is 6.95. The van der Waals surface area contributed by atoms with Crippen molar-refractivity contribution >= 4 is 81.4 Å². The number of halogens is 6. The normalized spacial score (nSPS) is 11.9. The summed E-state index contributed by atoms with van der Waals surface area (Å²) >= 11 is -2.54. The third-order valence-corrected chi connectivity index (χ3v) is 9.69. The molecule has 6 nitrogen and oxygen atoms in total. The van der Waals surface area contributed by atoms with Gasteiger partial charge in [-0.1, -0.05) is 0 Å². The molecule has 0 saturated carbocycles. The molecule has 0 aliphatic carbocycles. The van der Waals surface area contributed by atoms with Crippen molar-refractivity contribution < 1.29 is 26.3 Å². The second kappa shape index (κ2) is 8.21. The van der Waals surface area contributed by atoms with E-state index in [0.29, 0.717) is 0 Å². The molecule has 14 heteroatoms. The number of aromatic nitrogens is 2. The van der Waals surface area contributed by atoms with Crippen LogP contribution in [0, 0.1) is 75.5 Å². The number of rotatable bonds is 0. The first kappa shape index (κ1) is 23.6. The number of hydrogen-bond acceptors (Lipinski definition) is 5. The maximum absolute atomic E-state index is 15.7. The predicted molar refractivity (Wildman–Crippen MR) is 115 cm³/mol. The Morgan fingerprint density at radius 2 is 1.17 bits per heavy atom. The van der Waals surface area contributed by atoms with Crippen LogP contribution >= 0.6 is 0 Å². The Morgan fingerprint density at radius 3 is 1.78 bits per heavy atom. The zero-order chi connectivity index (χ0) is 26.0. The molecule has 0 saturated heterocycles. The summed E-state index contributed by atoms with van der Waals surface area (Å²) in [6.07, 6.45) is 0. The topological polar surface area (TPSA) is 102 Å². The molecule has 2 aromatic heterocycles. The third kappa shape index (κ3) is 2.94. The van der Waals surface area contributed by atoms with E-state index in [0.717, 1.165) is 0 Å². The third-order valence-electron chi connectivity index (χ3n) is 5.19. The molecule has 0 radical (unpaired) electrons. The number of fused-ring (bicyclic) bond motifs is 6. The quantitative estimate of drug-likeness (QED) is 0.115. The summed E-state index contributed by atoms with van der Waals surface area (Å²) in [6, 6.07) is 4.58. The zero-order valence-electron chi connectivity index (χ0n) is 16.8. The van der Waals surface area contributed by atoms with E-state index >= 15 is 26.3 Å². The minimum absolute atomic E-state index is 0.265. The molecule has 0 unspecified atom stereocenters. The van der Waals surface area contributed by atoms with Gasteiger partial charge in [-0.05, 0) is 0 Å². The Balaban J connectivity index is 2.17. The molecule has 0 aliphatic rings. The molecule has 0 fully saturated rings. The Morgan fingerprint density at radius 1 is 0.639 bits per heavy atom. The molecule has 0 bridgehead atoms. The maximum atomic E-state index is 15.7. The van der Waals surface area contributed by atoms with Crippen LogP contribution in [-0.2, 0) is 0 Å². The molecule has 5 aromatic rings. The van der Waals surface area contributed by atoms with Crippen LogP contribution in [0.2, 0.25) is 0 Å². The van der Waals surface area contributed by atoms with Crippen molar-refractivity contribution in [2.75, 3.05) is 0 Å². The zero-order valence-corrected chi connectivity index (χ0v) is 20.2. The van der Waals surface area contributed by atoms with Gasteiger partial charge in [0.2, 0.25) is 0 Å². The molecule has 0 spiro atoms. The van der Waals surface area contributed by atoms with Gasteiger partial charge in [-0.25, -0.2) is 0 Å². The molecule has 2 heterocycles. The van der Waals surface area contributed by atoms with Crippen molar-refractivity contribution in [3.63, 3.8) is 0 Å². The van der Waals surface area contributed by atoms with Crippen molar-refractivity contribution in [2.24, 2.45) is 0 Å². The van der Waals surface area contributed by atoms with Gasteiger partial charge in [-0.2, -0.15) is 0 Å². The molecular weight excluding hydrogens is 620 g/mol. The van der Waals surface area contributed by atoms with E-state index in [1.165, 1.54) is 18.2 Å². The van der Waals surface area contributed by atoms with E-state index in [4.69, 9.17) is 22.4 Å². The van der Waals surface area contributed by atoms with Crippen LogP contribution in [0.4, 0.5) is 26.3 Å². The Hall–Kier alpha value is -4.16. The van der Waals surface area contributed by atoms with E-state index in [9.17, 15) is 0 Å². The van der Waals surface area contributed by atoms with Gasteiger partial charge < -0.3 is 0 Å².